The van der Waals surface area contributed by atoms with Gasteiger partial charge in [-0.05, 0) is 36.4 Å². The number of hydrogen-bond donors (Lipinski definition) is 0. The Balaban J connectivity index is 1.75. The molecule has 0 saturated heterocycles. The van der Waals surface area contributed by atoms with Crippen LogP contribution in [0.4, 0.5) is 5.13 Å². The number of aromatic nitrogens is 3. The first-order valence-electron chi connectivity index (χ1n) is 9.59. The molecule has 4 rings (SSSR count). The number of fused-ring (bicyclic) bond motifs is 1. The molecule has 4 aromatic rings. The second-order valence-electron chi connectivity index (χ2n) is 6.60. The van der Waals surface area contributed by atoms with E-state index in [0.717, 1.165) is 16.0 Å². The predicted molar refractivity (Wildman–Crippen MR) is 120 cm³/mol. The number of nitrogens with zero attached hydrogens (tertiary/aromatic N) is 4. The molecular weight excluding hydrogens is 416 g/mol. The van der Waals surface area contributed by atoms with Crippen molar-refractivity contribution in [3.63, 3.8) is 0 Å². The van der Waals surface area contributed by atoms with Crippen LogP contribution in [-0.2, 0) is 6.54 Å². The van der Waals surface area contributed by atoms with Crippen molar-refractivity contribution in [1.82, 2.24) is 14.8 Å². The Morgan fingerprint density at radius 3 is 2.68 bits per heavy atom. The molecule has 0 fully saturated rings. The Bertz CT molecular complexity index is 1190. The number of benzene rings is 2. The van der Waals surface area contributed by atoms with Crippen molar-refractivity contribution in [2.45, 2.75) is 6.54 Å². The monoisotopic (exact) mass is 438 g/mol. The fourth-order valence-corrected chi connectivity index (χ4v) is 4.27. The van der Waals surface area contributed by atoms with Gasteiger partial charge in [-0.2, -0.15) is 5.10 Å². The summed E-state index contributed by atoms with van der Waals surface area (Å²) in [6.45, 7) is 0.905. The van der Waals surface area contributed by atoms with Crippen LogP contribution in [0.2, 0.25) is 0 Å². The maximum atomic E-state index is 13.7. The third-order valence-corrected chi connectivity index (χ3v) is 5.85. The second-order valence-corrected chi connectivity index (χ2v) is 7.61. The first-order valence-corrected chi connectivity index (χ1v) is 10.4. The molecule has 1 amide bonds. The first kappa shape index (κ1) is 20.7. The average Bonchev–Trinajstić information content (AvgIpc) is 3.47. The highest BCUT2D eigenvalue weighted by atomic mass is 32.1. The van der Waals surface area contributed by atoms with Gasteiger partial charge in [0.2, 0.25) is 0 Å². The first-order chi connectivity index (χ1) is 15.1. The number of carbonyl (C=O) groups excluding carboxylic acids is 1. The van der Waals surface area contributed by atoms with E-state index in [1.54, 1.807) is 48.2 Å². The number of hydrogen-bond acceptors (Lipinski definition) is 7. The van der Waals surface area contributed by atoms with Gasteiger partial charge in [-0.3, -0.25) is 14.4 Å². The zero-order valence-electron chi connectivity index (χ0n) is 17.4. The molecule has 0 saturated carbocycles. The van der Waals surface area contributed by atoms with E-state index in [4.69, 9.17) is 19.2 Å². The summed E-state index contributed by atoms with van der Waals surface area (Å²) in [4.78, 5) is 20.0. The Morgan fingerprint density at radius 1 is 1.10 bits per heavy atom. The van der Waals surface area contributed by atoms with Crippen LogP contribution in [0.25, 0.3) is 10.2 Å². The molecular formula is C22H22N4O4S. The van der Waals surface area contributed by atoms with Crippen LogP contribution < -0.4 is 19.1 Å². The molecule has 0 unspecified atom stereocenters. The quantitative estimate of drug-likeness (QED) is 0.416. The normalized spacial score (nSPS) is 10.8. The molecule has 0 spiro atoms. The van der Waals surface area contributed by atoms with E-state index in [2.05, 4.69) is 5.10 Å². The molecule has 2 aromatic carbocycles. The number of thiazole rings is 1. The van der Waals surface area contributed by atoms with Crippen molar-refractivity contribution < 1.29 is 19.0 Å². The number of para-hydroxylation sites is 1. The lowest BCUT2D eigenvalue weighted by molar-refractivity contribution is 0.0982. The lowest BCUT2D eigenvalue weighted by atomic mass is 10.1. The van der Waals surface area contributed by atoms with Crippen molar-refractivity contribution in [3.05, 3.63) is 60.4 Å². The van der Waals surface area contributed by atoms with Crippen molar-refractivity contribution in [3.8, 4) is 17.2 Å². The second kappa shape index (κ2) is 9.05. The van der Waals surface area contributed by atoms with Crippen molar-refractivity contribution in [1.29, 1.82) is 0 Å². The smallest absolute Gasteiger partial charge is 0.264 e. The molecule has 0 aliphatic carbocycles. The van der Waals surface area contributed by atoms with Crippen LogP contribution in [0.15, 0.2) is 54.9 Å². The third-order valence-electron chi connectivity index (χ3n) is 4.81. The summed E-state index contributed by atoms with van der Waals surface area (Å²) >= 11 is 1.43. The molecule has 9 heteroatoms. The number of amides is 1. The zero-order valence-corrected chi connectivity index (χ0v) is 18.3. The van der Waals surface area contributed by atoms with E-state index >= 15 is 0 Å². The molecule has 0 N–H and O–H groups in total. The summed E-state index contributed by atoms with van der Waals surface area (Å²) in [7, 11) is 4.69. The molecule has 2 aromatic heterocycles. The summed E-state index contributed by atoms with van der Waals surface area (Å²) in [6.07, 6.45) is 3.57. The maximum absolute atomic E-state index is 13.7. The highest BCUT2D eigenvalue weighted by molar-refractivity contribution is 7.22. The molecule has 0 aliphatic rings. The highest BCUT2D eigenvalue weighted by Crippen LogP contribution is 2.35. The number of rotatable bonds is 8. The lowest BCUT2D eigenvalue weighted by Crippen LogP contribution is -2.34. The van der Waals surface area contributed by atoms with Crippen LogP contribution in [-0.4, -0.2) is 48.5 Å². The van der Waals surface area contributed by atoms with Crippen LogP contribution in [0.1, 0.15) is 10.4 Å². The van der Waals surface area contributed by atoms with E-state index in [1.807, 2.05) is 30.5 Å². The number of anilines is 1. The van der Waals surface area contributed by atoms with Gasteiger partial charge in [0.1, 0.15) is 5.75 Å². The summed E-state index contributed by atoms with van der Waals surface area (Å²) < 4.78 is 18.9. The Morgan fingerprint density at radius 2 is 1.97 bits per heavy atom. The molecule has 0 aliphatic heterocycles. The third kappa shape index (κ3) is 4.17. The minimum Gasteiger partial charge on any atom is -0.497 e. The lowest BCUT2D eigenvalue weighted by Gasteiger charge is -2.21. The maximum Gasteiger partial charge on any atom is 0.264 e. The van der Waals surface area contributed by atoms with Gasteiger partial charge in [-0.25, -0.2) is 4.98 Å². The summed E-state index contributed by atoms with van der Waals surface area (Å²) in [5, 5.41) is 4.83. The van der Waals surface area contributed by atoms with Crippen molar-refractivity contribution in [2.24, 2.45) is 0 Å². The van der Waals surface area contributed by atoms with Gasteiger partial charge in [-0.1, -0.05) is 17.4 Å². The summed E-state index contributed by atoms with van der Waals surface area (Å²) in [5.74, 6) is 1.40. The minimum atomic E-state index is -0.228. The van der Waals surface area contributed by atoms with Gasteiger partial charge in [0.15, 0.2) is 16.6 Å². The number of ether oxygens (including phenoxy) is 3. The summed E-state index contributed by atoms with van der Waals surface area (Å²) in [6, 6.07) is 12.8. The van der Waals surface area contributed by atoms with E-state index < -0.39 is 0 Å². The fraction of sp³-hybridized carbons (Fsp3) is 0.227. The van der Waals surface area contributed by atoms with Gasteiger partial charge >= 0.3 is 0 Å². The molecule has 31 heavy (non-hydrogen) atoms. The molecule has 160 valence electrons. The van der Waals surface area contributed by atoms with Crippen molar-refractivity contribution in [2.75, 3.05) is 32.8 Å². The van der Waals surface area contributed by atoms with Gasteiger partial charge < -0.3 is 14.2 Å². The van der Waals surface area contributed by atoms with Crippen molar-refractivity contribution >= 4 is 32.6 Å². The van der Waals surface area contributed by atoms with E-state index in [0.29, 0.717) is 35.3 Å². The van der Waals surface area contributed by atoms with Gasteiger partial charge in [0.25, 0.3) is 5.91 Å². The zero-order chi connectivity index (χ0) is 21.8. The van der Waals surface area contributed by atoms with Crippen LogP contribution in [0, 0.1) is 0 Å². The molecule has 2 heterocycles. The topological polar surface area (TPSA) is 78.7 Å². The highest BCUT2D eigenvalue weighted by Gasteiger charge is 2.25. The van der Waals surface area contributed by atoms with Gasteiger partial charge in [0, 0.05) is 18.9 Å². The number of methoxy groups -OCH3 is 3. The van der Waals surface area contributed by atoms with Crippen LogP contribution in [0.5, 0.6) is 17.2 Å². The van der Waals surface area contributed by atoms with Gasteiger partial charge in [-0.15, -0.1) is 0 Å². The standard InChI is InChI=1S/C22H22N4O4S/c1-28-15-8-9-17-19(14-15)31-22(24-17)26(13-12-25-11-5-10-23-25)21(27)16-6-4-7-18(29-2)20(16)30-3/h4-11,14H,12-13H2,1-3H3. The predicted octanol–water partition coefficient (Wildman–Crippen LogP) is 3.87. The van der Waals surface area contributed by atoms with Crippen LogP contribution >= 0.6 is 11.3 Å². The van der Waals surface area contributed by atoms with E-state index in [1.165, 1.54) is 18.4 Å². The largest absolute Gasteiger partial charge is 0.497 e. The van der Waals surface area contributed by atoms with Crippen LogP contribution in [0.3, 0.4) is 0 Å². The minimum absolute atomic E-state index is 0.228. The fourth-order valence-electron chi connectivity index (χ4n) is 3.26. The SMILES string of the molecule is COc1ccc2nc(N(CCn3cccn3)C(=O)c3cccc(OC)c3OC)sc2c1. The average molecular weight is 439 g/mol. The molecule has 0 bridgehead atoms. The van der Waals surface area contributed by atoms with E-state index in [-0.39, 0.29) is 5.91 Å². The Kier molecular flexibility index (Phi) is 6.03. The Hall–Kier alpha value is -3.59. The number of carbonyl (C=O) groups is 1. The molecule has 0 atom stereocenters. The van der Waals surface area contributed by atoms with Gasteiger partial charge in [0.05, 0.1) is 43.7 Å². The summed E-state index contributed by atoms with van der Waals surface area (Å²) in [5.41, 5.74) is 1.20. The Labute approximate surface area is 183 Å². The molecule has 8 nitrogen and oxygen atoms in total. The van der Waals surface area contributed by atoms with E-state index in [9.17, 15) is 4.79 Å². The molecule has 0 radical (unpaired) electrons.